The van der Waals surface area contributed by atoms with Crippen molar-refractivity contribution in [3.05, 3.63) is 82.7 Å². The van der Waals surface area contributed by atoms with Gasteiger partial charge in [-0.15, -0.1) is 0 Å². The fraction of sp³-hybridized carbons (Fsp3) is 0.136. The van der Waals surface area contributed by atoms with Crippen LogP contribution in [0.5, 0.6) is 0 Å². The van der Waals surface area contributed by atoms with Gasteiger partial charge in [0.05, 0.1) is 11.3 Å². The topological polar surface area (TPSA) is 77.8 Å². The van der Waals surface area contributed by atoms with Crippen LogP contribution >= 0.6 is 0 Å². The van der Waals surface area contributed by atoms with Crippen LogP contribution < -0.4 is 10.6 Å². The molecule has 0 saturated carbocycles. The normalized spacial score (nSPS) is 10.1. The summed E-state index contributed by atoms with van der Waals surface area (Å²) in [7, 11) is 0. The van der Waals surface area contributed by atoms with Crippen LogP contribution in [-0.4, -0.2) is 10.9 Å². The molecule has 3 aromatic rings. The molecule has 0 aliphatic carbocycles. The van der Waals surface area contributed by atoms with Gasteiger partial charge in [-0.3, -0.25) is 9.78 Å². The van der Waals surface area contributed by atoms with Crippen LogP contribution in [0.25, 0.3) is 0 Å². The number of rotatable bonds is 4. The first-order valence-electron chi connectivity index (χ1n) is 8.59. The van der Waals surface area contributed by atoms with Crippen molar-refractivity contribution < 1.29 is 4.79 Å². The first-order chi connectivity index (χ1) is 13.0. The number of para-hydroxylation sites is 1. The quantitative estimate of drug-likeness (QED) is 0.699. The van der Waals surface area contributed by atoms with Crippen molar-refractivity contribution >= 4 is 23.0 Å². The maximum Gasteiger partial charge on any atom is 0.274 e. The van der Waals surface area contributed by atoms with Crippen LogP contribution in [-0.2, 0) is 0 Å². The van der Waals surface area contributed by atoms with Gasteiger partial charge >= 0.3 is 0 Å². The van der Waals surface area contributed by atoms with Crippen LogP contribution in [0.15, 0.2) is 54.7 Å². The Morgan fingerprint density at radius 3 is 2.44 bits per heavy atom. The summed E-state index contributed by atoms with van der Waals surface area (Å²) in [6.45, 7) is 5.97. The van der Waals surface area contributed by atoms with E-state index in [1.54, 1.807) is 30.5 Å². The molecule has 5 heteroatoms. The van der Waals surface area contributed by atoms with E-state index in [4.69, 9.17) is 0 Å². The van der Waals surface area contributed by atoms with Crippen LogP contribution in [0.4, 0.5) is 17.1 Å². The number of nitrogens with zero attached hydrogens (tertiary/aromatic N) is 2. The third-order valence-corrected chi connectivity index (χ3v) is 4.23. The van der Waals surface area contributed by atoms with Crippen molar-refractivity contribution in [3.8, 4) is 6.07 Å². The van der Waals surface area contributed by atoms with Gasteiger partial charge in [0.25, 0.3) is 5.91 Å². The zero-order valence-corrected chi connectivity index (χ0v) is 15.5. The number of amides is 1. The van der Waals surface area contributed by atoms with Crippen molar-refractivity contribution in [2.45, 2.75) is 20.8 Å². The highest BCUT2D eigenvalue weighted by atomic mass is 16.1. The van der Waals surface area contributed by atoms with Crippen LogP contribution in [0.2, 0.25) is 0 Å². The van der Waals surface area contributed by atoms with Crippen molar-refractivity contribution in [3.63, 3.8) is 0 Å². The SMILES string of the molecule is Cc1cc(C)c(NC(=O)c2cc(Nc3ccccc3C#N)ccn2)c(C)c1. The highest BCUT2D eigenvalue weighted by molar-refractivity contribution is 6.04. The Balaban J connectivity index is 1.83. The van der Waals surface area contributed by atoms with E-state index in [1.165, 1.54) is 0 Å². The molecule has 2 N–H and O–H groups in total. The van der Waals surface area contributed by atoms with E-state index in [0.717, 1.165) is 22.4 Å². The molecule has 1 aromatic heterocycles. The fourth-order valence-corrected chi connectivity index (χ4v) is 3.03. The third kappa shape index (κ3) is 4.13. The summed E-state index contributed by atoms with van der Waals surface area (Å²) in [5.74, 6) is -0.276. The summed E-state index contributed by atoms with van der Waals surface area (Å²) in [6, 6.07) is 16.8. The molecule has 0 aliphatic heterocycles. The molecule has 5 nitrogen and oxygen atoms in total. The lowest BCUT2D eigenvalue weighted by Gasteiger charge is -2.13. The molecule has 2 aromatic carbocycles. The molecule has 3 rings (SSSR count). The molecular weight excluding hydrogens is 336 g/mol. The molecular formula is C22H20N4O. The number of pyridine rings is 1. The molecule has 0 unspecified atom stereocenters. The first kappa shape index (κ1) is 18.2. The number of nitriles is 1. The lowest BCUT2D eigenvalue weighted by molar-refractivity contribution is 0.102. The Morgan fingerprint density at radius 2 is 1.74 bits per heavy atom. The zero-order chi connectivity index (χ0) is 19.4. The van der Waals surface area contributed by atoms with Gasteiger partial charge in [0.1, 0.15) is 11.8 Å². The number of aromatic nitrogens is 1. The van der Waals surface area contributed by atoms with Crippen molar-refractivity contribution in [1.82, 2.24) is 4.98 Å². The summed E-state index contributed by atoms with van der Waals surface area (Å²) in [5, 5.41) is 15.3. The minimum atomic E-state index is -0.276. The third-order valence-electron chi connectivity index (χ3n) is 4.23. The fourth-order valence-electron chi connectivity index (χ4n) is 3.03. The van der Waals surface area contributed by atoms with E-state index in [9.17, 15) is 10.1 Å². The predicted octanol–water partition coefficient (Wildman–Crippen LogP) is 4.87. The molecule has 0 radical (unpaired) electrons. The number of anilines is 3. The molecule has 0 fully saturated rings. The second kappa shape index (κ2) is 7.71. The van der Waals surface area contributed by atoms with Crippen molar-refractivity contribution in [1.29, 1.82) is 5.26 Å². The Labute approximate surface area is 158 Å². The lowest BCUT2D eigenvalue weighted by atomic mass is 10.0. The standard InChI is InChI=1S/C22H20N4O/c1-14-10-15(2)21(16(3)11-14)26-22(27)20-12-18(8-9-24-20)25-19-7-5-4-6-17(19)13-23/h4-12H,1-3H3,(H,24,25)(H,26,27). The second-order valence-corrected chi connectivity index (χ2v) is 6.44. The smallest absolute Gasteiger partial charge is 0.274 e. The molecule has 0 atom stereocenters. The van der Waals surface area contributed by atoms with E-state index in [-0.39, 0.29) is 5.91 Å². The lowest BCUT2D eigenvalue weighted by Crippen LogP contribution is -2.15. The number of hydrogen-bond acceptors (Lipinski definition) is 4. The van der Waals surface area contributed by atoms with E-state index in [0.29, 0.717) is 22.6 Å². The Bertz CT molecular complexity index is 1030. The highest BCUT2D eigenvalue weighted by Crippen LogP contribution is 2.24. The summed E-state index contributed by atoms with van der Waals surface area (Å²) in [4.78, 5) is 16.9. The van der Waals surface area contributed by atoms with Crippen molar-refractivity contribution in [2.24, 2.45) is 0 Å². The van der Waals surface area contributed by atoms with Crippen LogP contribution in [0, 0.1) is 32.1 Å². The highest BCUT2D eigenvalue weighted by Gasteiger charge is 2.12. The van der Waals surface area contributed by atoms with Gasteiger partial charge in [-0.25, -0.2) is 0 Å². The Hall–Kier alpha value is -3.65. The first-order valence-corrected chi connectivity index (χ1v) is 8.59. The number of carbonyl (C=O) groups excluding carboxylic acids is 1. The monoisotopic (exact) mass is 356 g/mol. The van der Waals surface area contributed by atoms with Gasteiger partial charge < -0.3 is 10.6 Å². The maximum absolute atomic E-state index is 12.7. The van der Waals surface area contributed by atoms with Gasteiger partial charge in [0.15, 0.2) is 0 Å². The number of nitrogens with one attached hydrogen (secondary N) is 2. The minimum absolute atomic E-state index is 0.276. The summed E-state index contributed by atoms with van der Waals surface area (Å²) >= 11 is 0. The number of hydrogen-bond donors (Lipinski definition) is 2. The molecule has 0 bridgehead atoms. The summed E-state index contributed by atoms with van der Waals surface area (Å²) in [5.41, 5.74) is 6.19. The van der Waals surface area contributed by atoms with E-state index in [1.807, 2.05) is 45.0 Å². The molecule has 0 spiro atoms. The number of carbonyl (C=O) groups is 1. The second-order valence-electron chi connectivity index (χ2n) is 6.44. The zero-order valence-electron chi connectivity index (χ0n) is 15.5. The number of aryl methyl sites for hydroxylation is 3. The van der Waals surface area contributed by atoms with Gasteiger partial charge in [0, 0.05) is 17.6 Å². The molecule has 1 amide bonds. The van der Waals surface area contributed by atoms with Gasteiger partial charge in [-0.2, -0.15) is 5.26 Å². The minimum Gasteiger partial charge on any atom is -0.354 e. The Morgan fingerprint density at radius 1 is 1.04 bits per heavy atom. The summed E-state index contributed by atoms with van der Waals surface area (Å²) in [6.07, 6.45) is 1.57. The average molecular weight is 356 g/mol. The van der Waals surface area contributed by atoms with Crippen molar-refractivity contribution in [2.75, 3.05) is 10.6 Å². The average Bonchev–Trinajstić information content (AvgIpc) is 2.65. The maximum atomic E-state index is 12.7. The van der Waals surface area contributed by atoms with E-state index in [2.05, 4.69) is 21.7 Å². The molecule has 27 heavy (non-hydrogen) atoms. The van der Waals surface area contributed by atoms with Gasteiger partial charge in [-0.05, 0) is 56.2 Å². The van der Waals surface area contributed by atoms with E-state index >= 15 is 0 Å². The van der Waals surface area contributed by atoms with Gasteiger partial charge in [-0.1, -0.05) is 29.8 Å². The van der Waals surface area contributed by atoms with Crippen LogP contribution in [0.3, 0.4) is 0 Å². The van der Waals surface area contributed by atoms with Crippen LogP contribution in [0.1, 0.15) is 32.7 Å². The molecule has 134 valence electrons. The molecule has 0 aliphatic rings. The van der Waals surface area contributed by atoms with Gasteiger partial charge in [0.2, 0.25) is 0 Å². The predicted molar refractivity (Wildman–Crippen MR) is 107 cm³/mol. The largest absolute Gasteiger partial charge is 0.354 e. The molecule has 1 heterocycles. The molecule has 0 saturated heterocycles. The Kier molecular flexibility index (Phi) is 5.18. The number of benzene rings is 2. The van der Waals surface area contributed by atoms with E-state index < -0.39 is 0 Å². The summed E-state index contributed by atoms with van der Waals surface area (Å²) < 4.78 is 0.